The molecule has 21 fully saturated rings. The second-order valence-corrected chi connectivity index (χ2v) is 20.0. The van der Waals surface area contributed by atoms with Crippen LogP contribution >= 0.6 is 0 Å². The summed E-state index contributed by atoms with van der Waals surface area (Å²) in [5.41, 5.74) is 42.1. The Bertz CT molecular complexity index is 1490. The fourth-order valence-electron chi connectivity index (χ4n) is 10.7. The summed E-state index contributed by atoms with van der Waals surface area (Å²) in [6.45, 7) is -3.26. The molecule has 35 atom stereocenters. The molecule has 0 amide bonds. The number of hydrogen-bond donors (Lipinski definition) is 21. The standard InChI is InChI=1S/C42H77N7O28/c43-1-8-29-15(50)22(57)36(64-8)72-30-9(2-44)66-38(24(59)17(30)52)74-32-11(4-46)68-40(26(61)19(32)54)76-34-13(6-48)70-42(28(63)21(34)56)77-35-14(7-49)69-41(27(62)20(35)55)75-33-12(5-47)67-39(25(60)18(33)53)73-31-10(3-45)65-37(71-29)23(58)16(31)51/h8-42,50-63H,1-7,43-49H2/t8-,9-,10-,11-,12-,13-,14-,15-,16-,17-,18-,19-,20-,21-,22-,23-,24-,25-,26-,27-,28-,29-,30-,31-,32-,33-,34-,35-,36-,37-,38-,39-,40-,41-,42-/m1/s1. The average Bonchev–Trinajstić information content (AvgIpc) is 3.45. The van der Waals surface area contributed by atoms with Crippen LogP contribution in [0.15, 0.2) is 0 Å². The summed E-state index contributed by atoms with van der Waals surface area (Å²) in [5, 5.41) is 160. The Balaban J connectivity index is 1.08. The van der Waals surface area contributed by atoms with Crippen molar-refractivity contribution in [2.75, 3.05) is 45.8 Å². The highest BCUT2D eigenvalue weighted by Crippen LogP contribution is 2.38. The summed E-state index contributed by atoms with van der Waals surface area (Å²) in [6, 6.07) is 0. The van der Waals surface area contributed by atoms with Crippen molar-refractivity contribution < 1.29 is 138 Å². The van der Waals surface area contributed by atoms with Gasteiger partial charge in [0.1, 0.15) is 171 Å². The molecular weight excluding hydrogens is 1050 g/mol. The molecule has 0 radical (unpaired) electrons. The molecule has 0 saturated carbocycles. The van der Waals surface area contributed by atoms with Crippen LogP contribution in [-0.2, 0) is 66.3 Å². The van der Waals surface area contributed by atoms with E-state index in [4.69, 9.17) is 106 Å². The van der Waals surface area contributed by atoms with Gasteiger partial charge in [-0.1, -0.05) is 0 Å². The van der Waals surface area contributed by atoms with Gasteiger partial charge in [0, 0.05) is 45.8 Å². The molecule has 21 saturated heterocycles. The summed E-state index contributed by atoms with van der Waals surface area (Å²) < 4.78 is 82.4. The van der Waals surface area contributed by atoms with Crippen LogP contribution in [0.5, 0.6) is 0 Å². The average molecular weight is 1130 g/mol. The molecule has 0 aromatic heterocycles. The van der Waals surface area contributed by atoms with Gasteiger partial charge in [0.05, 0.1) is 0 Å². The topological polar surface area (TPSA) is 595 Å². The van der Waals surface area contributed by atoms with E-state index in [0.717, 1.165) is 0 Å². The van der Waals surface area contributed by atoms with Crippen LogP contribution < -0.4 is 40.1 Å². The lowest BCUT2D eigenvalue weighted by molar-refractivity contribution is -0.391. The Kier molecular flexibility index (Phi) is 20.8. The molecule has 35 nitrogen and oxygen atoms in total. The first-order chi connectivity index (χ1) is 36.7. The minimum absolute atomic E-state index is 0.466. The van der Waals surface area contributed by atoms with Gasteiger partial charge in [0.15, 0.2) is 44.0 Å². The lowest BCUT2D eigenvalue weighted by atomic mass is 9.95. The van der Waals surface area contributed by atoms with E-state index in [-0.39, 0.29) is 0 Å². The zero-order valence-corrected chi connectivity index (χ0v) is 41.2. The van der Waals surface area contributed by atoms with Crippen LogP contribution in [0.3, 0.4) is 0 Å². The first-order valence-corrected chi connectivity index (χ1v) is 25.3. The van der Waals surface area contributed by atoms with Crippen LogP contribution in [0.25, 0.3) is 0 Å². The number of aliphatic hydroxyl groups is 14. The Labute approximate surface area is 438 Å². The van der Waals surface area contributed by atoms with E-state index in [9.17, 15) is 71.5 Å². The molecule has 28 N–H and O–H groups in total. The number of nitrogens with two attached hydrogens (primary N) is 7. The third-order valence-electron chi connectivity index (χ3n) is 15.1. The van der Waals surface area contributed by atoms with E-state index >= 15 is 0 Å². The first kappa shape index (κ1) is 61.7. The minimum atomic E-state index is -2.05. The Hall–Kier alpha value is -1.40. The van der Waals surface area contributed by atoms with Crippen LogP contribution in [0, 0.1) is 0 Å². The van der Waals surface area contributed by atoms with Crippen molar-refractivity contribution in [3.8, 4) is 0 Å². The third-order valence-corrected chi connectivity index (χ3v) is 15.1. The van der Waals surface area contributed by atoms with E-state index in [1.807, 2.05) is 0 Å². The molecule has 0 spiro atoms. The molecule has 0 aromatic carbocycles. The SMILES string of the molecule is NC[C@H]1O[C@@H]2O[C@H]3[C@H](O)[C@@H](O)[C@@H](O[C@H]4[C@H](O)[C@@H](O)[C@@H](O[C@H]5[C@H](O)[C@@H](O)[C@@H](O[C@H]6[C@H](O)[C@@H](O)[C@@H](O[C@H]7[C@H](O)[C@@H](O)[C@@H](O[C@H]8[C@H](O)[C@@H](O)[C@@H](O[C@H]1[C@H](O)[C@H]2O)O[C@@H]8CN)O[C@@H]7CN)O[C@@H]6CN)O[C@@H]5CN)O[C@@H]4CN)O[C@@H]3CN. The quantitative estimate of drug-likeness (QED) is 0.113. The molecule has 21 aliphatic heterocycles. The number of hydrogen-bond acceptors (Lipinski definition) is 35. The number of aliphatic hydroxyl groups excluding tert-OH is 14. The van der Waals surface area contributed by atoms with Crippen molar-refractivity contribution in [2.45, 2.75) is 215 Å². The largest absolute Gasteiger partial charge is 0.387 e. The molecular formula is C42H77N7O28. The fourth-order valence-corrected chi connectivity index (χ4v) is 10.7. The highest BCUT2D eigenvalue weighted by molar-refractivity contribution is 5.02. The Morgan fingerprint density at radius 1 is 0.169 bits per heavy atom. The Morgan fingerprint density at radius 3 is 0.364 bits per heavy atom. The van der Waals surface area contributed by atoms with Crippen molar-refractivity contribution in [3.63, 3.8) is 0 Å². The lowest BCUT2D eigenvalue weighted by Gasteiger charge is -2.50. The molecule has 0 aromatic rings. The number of ether oxygens (including phenoxy) is 14. The molecule has 21 heterocycles. The van der Waals surface area contributed by atoms with Gasteiger partial charge >= 0.3 is 0 Å². The second kappa shape index (κ2) is 26.0. The molecule has 21 rings (SSSR count). The van der Waals surface area contributed by atoms with E-state index in [1.165, 1.54) is 0 Å². The summed E-state index contributed by atoms with van der Waals surface area (Å²) in [5.74, 6) is 0. The van der Waals surface area contributed by atoms with E-state index in [1.54, 1.807) is 0 Å². The van der Waals surface area contributed by atoms with Crippen molar-refractivity contribution in [1.82, 2.24) is 0 Å². The molecule has 0 unspecified atom stereocenters. The van der Waals surface area contributed by atoms with Gasteiger partial charge in [0.2, 0.25) is 0 Å². The summed E-state index contributed by atoms with van der Waals surface area (Å²) in [7, 11) is 0. The maximum atomic E-state index is 11.5. The molecule has 14 bridgehead atoms. The van der Waals surface area contributed by atoms with Gasteiger partial charge in [-0.3, -0.25) is 0 Å². The van der Waals surface area contributed by atoms with Gasteiger partial charge in [-0.05, 0) is 0 Å². The van der Waals surface area contributed by atoms with Gasteiger partial charge in [0.25, 0.3) is 0 Å². The van der Waals surface area contributed by atoms with Crippen LogP contribution in [-0.4, -0.2) is 332 Å². The van der Waals surface area contributed by atoms with Crippen molar-refractivity contribution >= 4 is 0 Å². The molecule has 35 heteroatoms. The molecule has 21 aliphatic rings. The summed E-state index contributed by atoms with van der Waals surface area (Å²) >= 11 is 0. The molecule has 77 heavy (non-hydrogen) atoms. The first-order valence-electron chi connectivity index (χ1n) is 25.3. The fraction of sp³-hybridized carbons (Fsp3) is 1.00. The zero-order chi connectivity index (χ0) is 56.1. The van der Waals surface area contributed by atoms with E-state index < -0.39 is 261 Å². The second-order valence-electron chi connectivity index (χ2n) is 20.0. The highest BCUT2D eigenvalue weighted by Gasteiger charge is 2.59. The highest BCUT2D eigenvalue weighted by atomic mass is 16.8. The Morgan fingerprint density at radius 2 is 0.273 bits per heavy atom. The summed E-state index contributed by atoms with van der Waals surface area (Å²) in [4.78, 5) is 0. The number of rotatable bonds is 7. The van der Waals surface area contributed by atoms with Crippen molar-refractivity contribution in [2.24, 2.45) is 40.1 Å². The molecule has 448 valence electrons. The van der Waals surface area contributed by atoms with E-state index in [0.29, 0.717) is 0 Å². The summed E-state index contributed by atoms with van der Waals surface area (Å²) in [6.07, 6.45) is -62.7. The van der Waals surface area contributed by atoms with E-state index in [2.05, 4.69) is 0 Å². The lowest BCUT2D eigenvalue weighted by Crippen LogP contribution is -2.69. The maximum absolute atomic E-state index is 11.5. The van der Waals surface area contributed by atoms with Gasteiger partial charge in [-0.25, -0.2) is 0 Å². The van der Waals surface area contributed by atoms with Crippen LogP contribution in [0.4, 0.5) is 0 Å². The smallest absolute Gasteiger partial charge is 0.187 e. The predicted octanol–water partition coefficient (Wildman–Crippen LogP) is -15.5. The normalized spacial score (nSPS) is 55.4. The zero-order valence-electron chi connectivity index (χ0n) is 41.2. The van der Waals surface area contributed by atoms with Crippen molar-refractivity contribution in [3.05, 3.63) is 0 Å². The minimum Gasteiger partial charge on any atom is -0.387 e. The van der Waals surface area contributed by atoms with Crippen LogP contribution in [0.2, 0.25) is 0 Å². The monoisotopic (exact) mass is 1130 g/mol. The van der Waals surface area contributed by atoms with Gasteiger partial charge in [-0.2, -0.15) is 0 Å². The third kappa shape index (κ3) is 12.1. The van der Waals surface area contributed by atoms with Gasteiger partial charge in [-0.15, -0.1) is 0 Å². The van der Waals surface area contributed by atoms with Crippen LogP contribution in [0.1, 0.15) is 0 Å². The maximum Gasteiger partial charge on any atom is 0.187 e. The van der Waals surface area contributed by atoms with Gasteiger partial charge < -0.3 is 178 Å². The predicted molar refractivity (Wildman–Crippen MR) is 242 cm³/mol. The molecule has 0 aliphatic carbocycles. The van der Waals surface area contributed by atoms with Crippen molar-refractivity contribution in [1.29, 1.82) is 0 Å².